The maximum atomic E-state index is 10.5. The summed E-state index contributed by atoms with van der Waals surface area (Å²) in [5, 5.41) is 10.5. The highest BCUT2D eigenvalue weighted by Gasteiger charge is 2.23. The van der Waals surface area contributed by atoms with Crippen LogP contribution in [0.2, 0.25) is 0 Å². The zero-order chi connectivity index (χ0) is 18.5. The van der Waals surface area contributed by atoms with Gasteiger partial charge in [0.25, 0.3) is 0 Å². The van der Waals surface area contributed by atoms with Crippen LogP contribution in [0.25, 0.3) is 0 Å². The number of ether oxygens (including phenoxy) is 2. The fourth-order valence-electron chi connectivity index (χ4n) is 3.90. The number of morpholine rings is 1. The average Bonchev–Trinajstić information content (AvgIpc) is 2.70. The monoisotopic (exact) mass is 368 g/mol. The fraction of sp³-hybridized carbons (Fsp3) is 0.455. The summed E-state index contributed by atoms with van der Waals surface area (Å²) in [5.74, 6) is 0.944. The molecule has 1 saturated heterocycles. The molecule has 0 bridgehead atoms. The Kier molecular flexibility index (Phi) is 6.04. The lowest BCUT2D eigenvalue weighted by Crippen LogP contribution is -2.38. The van der Waals surface area contributed by atoms with Crippen molar-refractivity contribution >= 4 is 0 Å². The maximum Gasteiger partial charge on any atom is 0.123 e. The smallest absolute Gasteiger partial charge is 0.123 e. The number of para-hydroxylation sites is 1. The van der Waals surface area contributed by atoms with Crippen LogP contribution in [0, 0.1) is 0 Å². The lowest BCUT2D eigenvalue weighted by Gasteiger charge is -2.32. The molecule has 2 aromatic rings. The van der Waals surface area contributed by atoms with Crippen molar-refractivity contribution in [3.63, 3.8) is 0 Å². The molecule has 2 aromatic carbocycles. The summed E-state index contributed by atoms with van der Waals surface area (Å²) in [6, 6.07) is 16.4. The van der Waals surface area contributed by atoms with E-state index in [2.05, 4.69) is 28.0 Å². The van der Waals surface area contributed by atoms with E-state index in [1.165, 1.54) is 11.1 Å². The topological polar surface area (TPSA) is 45.2 Å². The molecule has 144 valence electrons. The van der Waals surface area contributed by atoms with E-state index in [1.54, 1.807) is 0 Å². The van der Waals surface area contributed by atoms with Crippen LogP contribution < -0.4 is 4.74 Å². The summed E-state index contributed by atoms with van der Waals surface area (Å²) in [6.07, 6.45) is -0.427. The Morgan fingerprint density at radius 3 is 2.67 bits per heavy atom. The Bertz CT molecular complexity index is 746. The van der Waals surface area contributed by atoms with E-state index in [1.807, 2.05) is 30.3 Å². The van der Waals surface area contributed by atoms with Gasteiger partial charge in [0.1, 0.15) is 12.4 Å². The van der Waals surface area contributed by atoms with E-state index in [0.29, 0.717) is 13.2 Å². The molecule has 0 saturated carbocycles. The highest BCUT2D eigenvalue weighted by atomic mass is 16.5. The second-order valence-electron chi connectivity index (χ2n) is 7.29. The third-order valence-corrected chi connectivity index (χ3v) is 5.37. The van der Waals surface area contributed by atoms with Gasteiger partial charge in [0.05, 0.1) is 19.3 Å². The zero-order valence-corrected chi connectivity index (χ0v) is 15.7. The van der Waals surface area contributed by atoms with Crippen molar-refractivity contribution in [2.24, 2.45) is 0 Å². The first-order chi connectivity index (χ1) is 13.3. The molecule has 5 nitrogen and oxygen atoms in total. The number of β-amino-alcohol motifs (C(OH)–C–C–N with tert-alkyl or cyclic N) is 1. The van der Waals surface area contributed by atoms with E-state index in [0.717, 1.165) is 57.3 Å². The number of aliphatic hydroxyl groups excluding tert-OH is 1. The van der Waals surface area contributed by atoms with Gasteiger partial charge in [0, 0.05) is 44.8 Å². The highest BCUT2D eigenvalue weighted by molar-refractivity contribution is 5.35. The van der Waals surface area contributed by atoms with Crippen LogP contribution in [-0.2, 0) is 17.8 Å². The van der Waals surface area contributed by atoms with Crippen LogP contribution in [0.15, 0.2) is 48.5 Å². The average molecular weight is 368 g/mol. The predicted octanol–water partition coefficient (Wildman–Crippen LogP) is 2.45. The van der Waals surface area contributed by atoms with Crippen LogP contribution in [-0.4, -0.2) is 60.9 Å². The van der Waals surface area contributed by atoms with Crippen molar-refractivity contribution in [1.29, 1.82) is 0 Å². The number of aliphatic hydroxyl groups is 1. The molecular weight excluding hydrogens is 340 g/mol. The largest absolute Gasteiger partial charge is 0.492 e. The van der Waals surface area contributed by atoms with Gasteiger partial charge in [0.2, 0.25) is 0 Å². The Balaban J connectivity index is 1.37. The fourth-order valence-corrected chi connectivity index (χ4v) is 3.90. The van der Waals surface area contributed by atoms with Crippen molar-refractivity contribution < 1.29 is 14.6 Å². The van der Waals surface area contributed by atoms with Gasteiger partial charge in [-0.3, -0.25) is 9.80 Å². The number of hydrogen-bond donors (Lipinski definition) is 1. The van der Waals surface area contributed by atoms with Gasteiger partial charge < -0.3 is 14.6 Å². The van der Waals surface area contributed by atoms with Gasteiger partial charge in [-0.15, -0.1) is 0 Å². The minimum atomic E-state index is -0.427. The Morgan fingerprint density at radius 1 is 1.00 bits per heavy atom. The van der Waals surface area contributed by atoms with E-state index < -0.39 is 6.10 Å². The predicted molar refractivity (Wildman–Crippen MR) is 105 cm³/mol. The summed E-state index contributed by atoms with van der Waals surface area (Å²) >= 11 is 0. The molecule has 0 spiro atoms. The molecule has 0 unspecified atom stereocenters. The van der Waals surface area contributed by atoms with E-state index in [4.69, 9.17) is 9.47 Å². The van der Waals surface area contributed by atoms with Crippen molar-refractivity contribution in [3.05, 3.63) is 65.2 Å². The summed E-state index contributed by atoms with van der Waals surface area (Å²) in [5.41, 5.74) is 3.44. The summed E-state index contributed by atoms with van der Waals surface area (Å²) in [4.78, 5) is 4.67. The molecule has 2 heterocycles. The molecule has 2 aliphatic rings. The second kappa shape index (κ2) is 8.85. The first-order valence-electron chi connectivity index (χ1n) is 9.78. The molecule has 0 amide bonds. The van der Waals surface area contributed by atoms with Crippen molar-refractivity contribution in [1.82, 2.24) is 9.80 Å². The Labute approximate surface area is 161 Å². The van der Waals surface area contributed by atoms with Gasteiger partial charge in [0.15, 0.2) is 0 Å². The number of nitrogens with zero attached hydrogens (tertiary/aromatic N) is 2. The lowest BCUT2D eigenvalue weighted by molar-refractivity contribution is 0.0321. The Hall–Kier alpha value is -1.92. The van der Waals surface area contributed by atoms with Crippen molar-refractivity contribution in [2.75, 3.05) is 46.0 Å². The van der Waals surface area contributed by atoms with Crippen LogP contribution in [0.3, 0.4) is 0 Å². The van der Waals surface area contributed by atoms with Gasteiger partial charge >= 0.3 is 0 Å². The molecule has 1 fully saturated rings. The van der Waals surface area contributed by atoms with Crippen LogP contribution in [0.4, 0.5) is 0 Å². The van der Waals surface area contributed by atoms with Gasteiger partial charge in [-0.2, -0.15) is 0 Å². The lowest BCUT2D eigenvalue weighted by atomic mass is 9.97. The van der Waals surface area contributed by atoms with Gasteiger partial charge in [-0.05, 0) is 17.2 Å². The summed E-state index contributed by atoms with van der Waals surface area (Å²) in [6.45, 7) is 7.49. The van der Waals surface area contributed by atoms with Gasteiger partial charge in [-0.25, -0.2) is 0 Å². The maximum absolute atomic E-state index is 10.5. The van der Waals surface area contributed by atoms with E-state index in [9.17, 15) is 5.11 Å². The SMILES string of the molecule is O[C@@H]1CN(Cc2ccccc2OCCN2CCOCC2)Cc2ccccc21. The van der Waals surface area contributed by atoms with E-state index >= 15 is 0 Å². The molecule has 5 heteroatoms. The summed E-state index contributed by atoms with van der Waals surface area (Å²) in [7, 11) is 0. The standard InChI is InChI=1S/C22H28N2O3/c25-21-17-24(15-18-5-1-3-7-20(18)21)16-19-6-2-4-8-22(19)27-14-11-23-9-12-26-13-10-23/h1-8,21,25H,9-17H2/t21-/m1/s1. The third-order valence-electron chi connectivity index (χ3n) is 5.37. The van der Waals surface area contributed by atoms with Crippen LogP contribution >= 0.6 is 0 Å². The minimum absolute atomic E-state index is 0.427. The number of hydrogen-bond acceptors (Lipinski definition) is 5. The first-order valence-corrected chi connectivity index (χ1v) is 9.78. The van der Waals surface area contributed by atoms with Crippen LogP contribution in [0.1, 0.15) is 22.8 Å². The molecule has 0 radical (unpaired) electrons. The molecule has 0 aliphatic carbocycles. The Morgan fingerprint density at radius 2 is 1.78 bits per heavy atom. The third kappa shape index (κ3) is 4.68. The molecule has 0 aromatic heterocycles. The molecule has 1 atom stereocenters. The van der Waals surface area contributed by atoms with Crippen LogP contribution in [0.5, 0.6) is 5.75 Å². The zero-order valence-electron chi connectivity index (χ0n) is 15.7. The molecular formula is C22H28N2O3. The van der Waals surface area contributed by atoms with Crippen molar-refractivity contribution in [3.8, 4) is 5.75 Å². The summed E-state index contributed by atoms with van der Waals surface area (Å²) < 4.78 is 11.5. The number of benzene rings is 2. The first kappa shape index (κ1) is 18.4. The molecule has 4 rings (SSSR count). The van der Waals surface area contributed by atoms with E-state index in [-0.39, 0.29) is 0 Å². The minimum Gasteiger partial charge on any atom is -0.492 e. The molecule has 2 aliphatic heterocycles. The highest BCUT2D eigenvalue weighted by Crippen LogP contribution is 2.29. The normalized spacial score (nSPS) is 21.0. The quantitative estimate of drug-likeness (QED) is 0.849. The second-order valence-corrected chi connectivity index (χ2v) is 7.29. The number of fused-ring (bicyclic) bond motifs is 1. The van der Waals surface area contributed by atoms with Crippen molar-refractivity contribution in [2.45, 2.75) is 19.2 Å². The molecule has 1 N–H and O–H groups in total. The number of rotatable bonds is 6. The van der Waals surface area contributed by atoms with Gasteiger partial charge in [-0.1, -0.05) is 42.5 Å². The molecule has 27 heavy (non-hydrogen) atoms.